The zero-order valence-electron chi connectivity index (χ0n) is 21.3. The minimum absolute atomic E-state index is 0.0459. The molecule has 1 atom stereocenters. The number of benzene rings is 4. The standard InChI is InChI=1S/C32H26N2O4/c1-36-25-17-20(18-26(37-2)32(25)38-3)27-28-29(19-11-5-4-6-12-19)33-23-15-9-7-13-21(23)30(28)34-24-16-10-8-14-22(24)31(27)35/h4-18,27,34H,1-3H3. The molecule has 1 aliphatic heterocycles. The molecule has 1 aliphatic rings. The Morgan fingerprint density at radius 3 is 2.13 bits per heavy atom. The average molecular weight is 503 g/mol. The Kier molecular flexibility index (Phi) is 5.92. The number of hydrogen-bond acceptors (Lipinski definition) is 6. The molecule has 5 aromatic rings. The van der Waals surface area contributed by atoms with Crippen LogP contribution in [0.3, 0.4) is 0 Å². The molecular weight excluding hydrogens is 476 g/mol. The number of nitrogens with zero attached hydrogens (tertiary/aromatic N) is 1. The van der Waals surface area contributed by atoms with Gasteiger partial charge in [0.25, 0.3) is 0 Å². The number of methoxy groups -OCH3 is 3. The number of pyridine rings is 1. The molecule has 6 rings (SSSR count). The predicted molar refractivity (Wildman–Crippen MR) is 149 cm³/mol. The number of Topliss-reactive ketones (excluding diaryl/α,β-unsaturated/α-hetero) is 1. The van der Waals surface area contributed by atoms with Crippen LogP contribution in [0.5, 0.6) is 17.2 Å². The number of ketones is 1. The normalized spacial score (nSPS) is 14.2. The first-order chi connectivity index (χ1) is 18.6. The second kappa shape index (κ2) is 9.56. The Hall–Kier alpha value is -4.84. The van der Waals surface area contributed by atoms with Gasteiger partial charge in [-0.1, -0.05) is 60.7 Å². The van der Waals surface area contributed by atoms with Crippen LogP contribution in [0.1, 0.15) is 27.4 Å². The highest BCUT2D eigenvalue weighted by molar-refractivity contribution is 6.13. The highest BCUT2D eigenvalue weighted by Crippen LogP contribution is 2.49. The molecule has 0 saturated heterocycles. The summed E-state index contributed by atoms with van der Waals surface area (Å²) >= 11 is 0. The predicted octanol–water partition coefficient (Wildman–Crippen LogP) is 7.00. The number of carbonyl (C=O) groups is 1. The van der Waals surface area contributed by atoms with E-state index in [9.17, 15) is 4.79 Å². The van der Waals surface area contributed by atoms with Crippen LogP contribution in [-0.2, 0) is 0 Å². The molecule has 0 amide bonds. The van der Waals surface area contributed by atoms with E-state index in [1.165, 1.54) is 0 Å². The van der Waals surface area contributed by atoms with Crippen molar-refractivity contribution in [1.29, 1.82) is 0 Å². The lowest BCUT2D eigenvalue weighted by atomic mass is 9.82. The summed E-state index contributed by atoms with van der Waals surface area (Å²) in [5, 5.41) is 4.55. The number of hydrogen-bond donors (Lipinski definition) is 1. The Morgan fingerprint density at radius 1 is 0.763 bits per heavy atom. The molecule has 1 unspecified atom stereocenters. The number of para-hydroxylation sites is 2. The van der Waals surface area contributed by atoms with Gasteiger partial charge in [-0.25, -0.2) is 4.98 Å². The van der Waals surface area contributed by atoms with E-state index in [2.05, 4.69) is 5.32 Å². The molecule has 0 radical (unpaired) electrons. The fraction of sp³-hybridized carbons (Fsp3) is 0.125. The van der Waals surface area contributed by atoms with E-state index in [-0.39, 0.29) is 5.78 Å². The maximum absolute atomic E-state index is 14.5. The first-order valence-corrected chi connectivity index (χ1v) is 12.3. The van der Waals surface area contributed by atoms with Crippen molar-refractivity contribution < 1.29 is 19.0 Å². The number of nitrogens with one attached hydrogen (secondary N) is 1. The second-order valence-electron chi connectivity index (χ2n) is 9.06. The number of carbonyl (C=O) groups excluding carboxylic acids is 1. The summed E-state index contributed by atoms with van der Waals surface area (Å²) in [6.45, 7) is 0. The van der Waals surface area contributed by atoms with Crippen molar-refractivity contribution in [1.82, 2.24) is 4.98 Å². The van der Waals surface area contributed by atoms with Crippen molar-refractivity contribution in [2.45, 2.75) is 5.92 Å². The number of anilines is 2. The first kappa shape index (κ1) is 23.6. The van der Waals surface area contributed by atoms with Crippen LogP contribution in [0.4, 0.5) is 11.4 Å². The summed E-state index contributed by atoms with van der Waals surface area (Å²) in [5.41, 5.74) is 6.23. The van der Waals surface area contributed by atoms with Crippen LogP contribution >= 0.6 is 0 Å². The van der Waals surface area contributed by atoms with Crippen molar-refractivity contribution in [3.05, 3.63) is 108 Å². The van der Waals surface area contributed by atoms with Gasteiger partial charge in [0.15, 0.2) is 17.3 Å². The zero-order chi connectivity index (χ0) is 26.2. The fourth-order valence-corrected chi connectivity index (χ4v) is 5.27. The van der Waals surface area contributed by atoms with Gasteiger partial charge >= 0.3 is 0 Å². The molecule has 6 heteroatoms. The molecule has 1 aromatic heterocycles. The Balaban J connectivity index is 1.75. The van der Waals surface area contributed by atoms with Crippen molar-refractivity contribution in [2.24, 2.45) is 0 Å². The van der Waals surface area contributed by atoms with Gasteiger partial charge in [0.05, 0.1) is 44.1 Å². The van der Waals surface area contributed by atoms with E-state index in [1.54, 1.807) is 21.3 Å². The van der Waals surface area contributed by atoms with Gasteiger partial charge in [-0.05, 0) is 35.9 Å². The highest BCUT2D eigenvalue weighted by atomic mass is 16.5. The van der Waals surface area contributed by atoms with Crippen LogP contribution in [0.2, 0.25) is 0 Å². The Morgan fingerprint density at radius 2 is 1.42 bits per heavy atom. The lowest BCUT2D eigenvalue weighted by Crippen LogP contribution is -2.16. The maximum Gasteiger partial charge on any atom is 0.203 e. The molecule has 4 aromatic carbocycles. The summed E-state index contributed by atoms with van der Waals surface area (Å²) in [7, 11) is 4.71. The van der Waals surface area contributed by atoms with Crippen LogP contribution < -0.4 is 19.5 Å². The summed E-state index contributed by atoms with van der Waals surface area (Å²) in [6.07, 6.45) is 0. The van der Waals surface area contributed by atoms with Crippen LogP contribution in [0.15, 0.2) is 91.0 Å². The van der Waals surface area contributed by atoms with E-state index in [0.29, 0.717) is 22.8 Å². The molecular formula is C32H26N2O4. The van der Waals surface area contributed by atoms with Gasteiger partial charge in [0, 0.05) is 27.8 Å². The number of rotatable bonds is 5. The Bertz CT molecular complexity index is 1660. The molecule has 0 spiro atoms. The molecule has 2 heterocycles. The molecule has 0 bridgehead atoms. The van der Waals surface area contributed by atoms with Gasteiger partial charge in [-0.15, -0.1) is 0 Å². The lowest BCUT2D eigenvalue weighted by molar-refractivity contribution is 0.0975. The summed E-state index contributed by atoms with van der Waals surface area (Å²) in [4.78, 5) is 19.6. The third-order valence-corrected chi connectivity index (χ3v) is 7.00. The monoisotopic (exact) mass is 502 g/mol. The molecule has 0 fully saturated rings. The van der Waals surface area contributed by atoms with Crippen LogP contribution in [0, 0.1) is 0 Å². The first-order valence-electron chi connectivity index (χ1n) is 12.3. The number of aromatic nitrogens is 1. The fourth-order valence-electron chi connectivity index (χ4n) is 5.27. The van der Waals surface area contributed by atoms with E-state index in [1.807, 2.05) is 91.0 Å². The third kappa shape index (κ3) is 3.73. The largest absolute Gasteiger partial charge is 0.493 e. The van der Waals surface area contributed by atoms with E-state index in [0.717, 1.165) is 44.7 Å². The topological polar surface area (TPSA) is 69.7 Å². The molecule has 6 nitrogen and oxygen atoms in total. The second-order valence-corrected chi connectivity index (χ2v) is 9.06. The van der Waals surface area contributed by atoms with Gasteiger partial charge in [0.1, 0.15) is 0 Å². The van der Waals surface area contributed by atoms with Crippen molar-refractivity contribution in [3.8, 4) is 28.5 Å². The summed E-state index contributed by atoms with van der Waals surface area (Å²) in [6, 6.07) is 29.3. The van der Waals surface area contributed by atoms with Crippen LogP contribution in [0.25, 0.3) is 22.2 Å². The summed E-state index contributed by atoms with van der Waals surface area (Å²) < 4.78 is 16.9. The van der Waals surface area contributed by atoms with Gasteiger partial charge < -0.3 is 19.5 Å². The van der Waals surface area contributed by atoms with Gasteiger partial charge in [-0.2, -0.15) is 0 Å². The van der Waals surface area contributed by atoms with Crippen molar-refractivity contribution >= 4 is 28.1 Å². The van der Waals surface area contributed by atoms with E-state index >= 15 is 0 Å². The highest BCUT2D eigenvalue weighted by Gasteiger charge is 2.36. The van der Waals surface area contributed by atoms with Gasteiger partial charge in [0.2, 0.25) is 5.75 Å². The molecule has 38 heavy (non-hydrogen) atoms. The third-order valence-electron chi connectivity index (χ3n) is 7.00. The zero-order valence-corrected chi connectivity index (χ0v) is 21.3. The minimum atomic E-state index is -0.692. The smallest absolute Gasteiger partial charge is 0.203 e. The molecule has 188 valence electrons. The SMILES string of the molecule is COc1cc(C2C(=O)c3ccccc3Nc3c2c(-c2ccccc2)nc2ccccc32)cc(OC)c1OC. The molecule has 0 saturated carbocycles. The van der Waals surface area contributed by atoms with Crippen LogP contribution in [-0.4, -0.2) is 32.1 Å². The van der Waals surface area contributed by atoms with Gasteiger partial charge in [-0.3, -0.25) is 4.79 Å². The van der Waals surface area contributed by atoms with E-state index in [4.69, 9.17) is 19.2 Å². The minimum Gasteiger partial charge on any atom is -0.493 e. The lowest BCUT2D eigenvalue weighted by Gasteiger charge is -2.23. The quantitative estimate of drug-likeness (QED) is 0.279. The molecule has 0 aliphatic carbocycles. The van der Waals surface area contributed by atoms with Crippen molar-refractivity contribution in [2.75, 3.05) is 26.6 Å². The number of fused-ring (bicyclic) bond motifs is 4. The maximum atomic E-state index is 14.5. The Labute approximate surface area is 220 Å². The summed E-state index contributed by atoms with van der Waals surface area (Å²) in [5.74, 6) is 0.699. The van der Waals surface area contributed by atoms with E-state index < -0.39 is 5.92 Å². The van der Waals surface area contributed by atoms with Crippen molar-refractivity contribution in [3.63, 3.8) is 0 Å². The average Bonchev–Trinajstić information content (AvgIpc) is 3.10. The molecule has 1 N–H and O–H groups in total. The number of ether oxygens (including phenoxy) is 3.